The Morgan fingerprint density at radius 1 is 1.19 bits per heavy atom. The second kappa shape index (κ2) is 10.3. The van der Waals surface area contributed by atoms with Gasteiger partial charge in [0.05, 0.1) is 5.75 Å². The van der Waals surface area contributed by atoms with E-state index in [9.17, 15) is 30.0 Å². The van der Waals surface area contributed by atoms with E-state index in [1.54, 1.807) is 0 Å². The predicted molar refractivity (Wildman–Crippen MR) is 104 cm³/mol. The Morgan fingerprint density at radius 2 is 1.73 bits per heavy atom. The van der Waals surface area contributed by atoms with Crippen LogP contribution in [0.3, 0.4) is 0 Å². The zero-order chi connectivity index (χ0) is 19.3. The highest BCUT2D eigenvalue weighted by Crippen LogP contribution is 2.28. The fraction of sp³-hybridized carbons (Fsp3) is 0.917. The molecular formula is C12H24F3IN4O4S2. The first-order valence-electron chi connectivity index (χ1n) is 7.58. The van der Waals surface area contributed by atoms with E-state index in [0.29, 0.717) is 23.2 Å². The van der Waals surface area contributed by atoms with Crippen molar-refractivity contribution in [1.82, 2.24) is 14.9 Å². The molecule has 0 spiro atoms. The number of alkyl halides is 3. The summed E-state index contributed by atoms with van der Waals surface area (Å²) >= 11 is 0. The number of guanidine groups is 1. The Balaban J connectivity index is 0.00000625. The molecule has 0 unspecified atom stereocenters. The summed E-state index contributed by atoms with van der Waals surface area (Å²) in [5.74, 6) is 0.427. The fourth-order valence-corrected chi connectivity index (χ4v) is 3.97. The summed E-state index contributed by atoms with van der Waals surface area (Å²) in [5.41, 5.74) is -5.29. The van der Waals surface area contributed by atoms with Crippen LogP contribution in [0.25, 0.3) is 0 Å². The normalized spacial score (nSPS) is 18.3. The molecule has 14 heteroatoms. The van der Waals surface area contributed by atoms with Gasteiger partial charge in [0.25, 0.3) is 0 Å². The van der Waals surface area contributed by atoms with Gasteiger partial charge >= 0.3 is 15.5 Å². The molecular weight excluding hydrogens is 512 g/mol. The summed E-state index contributed by atoms with van der Waals surface area (Å²) in [6.45, 7) is -0.0940. The van der Waals surface area contributed by atoms with Gasteiger partial charge in [0.15, 0.2) is 5.96 Å². The van der Waals surface area contributed by atoms with Crippen LogP contribution < -0.4 is 10.6 Å². The summed E-state index contributed by atoms with van der Waals surface area (Å²) in [4.78, 5) is 3.96. The van der Waals surface area contributed by atoms with Crippen LogP contribution in [-0.2, 0) is 19.9 Å². The molecule has 0 aromatic rings. The van der Waals surface area contributed by atoms with E-state index < -0.39 is 25.4 Å². The Hall–Kier alpha value is -0.350. The molecule has 0 aromatic carbocycles. The number of sulfone groups is 1. The van der Waals surface area contributed by atoms with E-state index >= 15 is 0 Å². The molecule has 1 rings (SSSR count). The molecule has 0 bridgehead atoms. The maximum absolute atomic E-state index is 12.5. The largest absolute Gasteiger partial charge is 0.511 e. The van der Waals surface area contributed by atoms with Crippen LogP contribution in [0.2, 0.25) is 0 Å². The summed E-state index contributed by atoms with van der Waals surface area (Å²) in [6, 6.07) is -0.221. The maximum atomic E-state index is 12.5. The lowest BCUT2D eigenvalue weighted by atomic mass is 10.1. The SMILES string of the molecule is CN=C(NCCCS(C)(=O)=O)NC1CCN(S(=O)(=O)C(F)(F)F)CC1.I. The number of piperidine rings is 1. The molecule has 0 saturated carbocycles. The lowest BCUT2D eigenvalue weighted by molar-refractivity contribution is -0.0494. The molecule has 2 N–H and O–H groups in total. The van der Waals surface area contributed by atoms with E-state index in [1.165, 1.54) is 7.05 Å². The van der Waals surface area contributed by atoms with E-state index in [2.05, 4.69) is 15.6 Å². The van der Waals surface area contributed by atoms with Gasteiger partial charge in [0.2, 0.25) is 0 Å². The molecule has 1 aliphatic heterocycles. The highest BCUT2D eigenvalue weighted by atomic mass is 127. The average molecular weight is 536 g/mol. The summed E-state index contributed by atoms with van der Waals surface area (Å²) in [7, 11) is -6.82. The minimum Gasteiger partial charge on any atom is -0.356 e. The van der Waals surface area contributed by atoms with Crippen LogP contribution in [0, 0.1) is 0 Å². The van der Waals surface area contributed by atoms with Gasteiger partial charge in [-0.2, -0.15) is 17.5 Å². The third-order valence-electron chi connectivity index (χ3n) is 3.64. The Morgan fingerprint density at radius 3 is 2.15 bits per heavy atom. The third-order valence-corrected chi connectivity index (χ3v) is 6.30. The minimum absolute atomic E-state index is 0. The molecule has 0 aromatic heterocycles. The van der Waals surface area contributed by atoms with Crippen molar-refractivity contribution in [2.75, 3.05) is 38.7 Å². The number of nitrogens with one attached hydrogen (secondary N) is 2. The van der Waals surface area contributed by atoms with E-state index in [0.717, 1.165) is 6.26 Å². The average Bonchev–Trinajstić information content (AvgIpc) is 2.48. The number of sulfonamides is 1. The van der Waals surface area contributed by atoms with Crippen molar-refractivity contribution in [2.24, 2.45) is 4.99 Å². The molecule has 1 saturated heterocycles. The highest BCUT2D eigenvalue weighted by molar-refractivity contribution is 14.0. The zero-order valence-electron chi connectivity index (χ0n) is 14.4. The number of hydrogen-bond donors (Lipinski definition) is 2. The lowest BCUT2D eigenvalue weighted by Gasteiger charge is -2.32. The Bertz CT molecular complexity index is 675. The molecule has 8 nitrogen and oxygen atoms in total. The van der Waals surface area contributed by atoms with Crippen molar-refractivity contribution in [3.63, 3.8) is 0 Å². The van der Waals surface area contributed by atoms with Crippen molar-refractivity contribution in [3.8, 4) is 0 Å². The zero-order valence-corrected chi connectivity index (χ0v) is 18.4. The van der Waals surface area contributed by atoms with Gasteiger partial charge < -0.3 is 10.6 Å². The van der Waals surface area contributed by atoms with Gasteiger partial charge in [0, 0.05) is 39.0 Å². The summed E-state index contributed by atoms with van der Waals surface area (Å²) in [6.07, 6.45) is 1.95. The first-order valence-corrected chi connectivity index (χ1v) is 11.1. The van der Waals surface area contributed by atoms with Crippen LogP contribution in [0.5, 0.6) is 0 Å². The fourth-order valence-electron chi connectivity index (χ4n) is 2.32. The van der Waals surface area contributed by atoms with Crippen molar-refractivity contribution in [3.05, 3.63) is 0 Å². The van der Waals surface area contributed by atoms with Gasteiger partial charge in [0.1, 0.15) is 9.84 Å². The van der Waals surface area contributed by atoms with Gasteiger partial charge in [-0.25, -0.2) is 16.8 Å². The second-order valence-corrected chi connectivity index (χ2v) is 9.94. The number of rotatable bonds is 6. The molecule has 0 radical (unpaired) electrons. The first kappa shape index (κ1) is 25.6. The lowest BCUT2D eigenvalue weighted by Crippen LogP contribution is -2.51. The van der Waals surface area contributed by atoms with Crippen LogP contribution in [0.15, 0.2) is 4.99 Å². The van der Waals surface area contributed by atoms with Crippen molar-refractivity contribution < 1.29 is 30.0 Å². The van der Waals surface area contributed by atoms with Crippen LogP contribution >= 0.6 is 24.0 Å². The molecule has 1 heterocycles. The molecule has 1 fully saturated rings. The van der Waals surface area contributed by atoms with Gasteiger partial charge in [-0.1, -0.05) is 0 Å². The Kier molecular flexibility index (Phi) is 10.1. The molecule has 0 atom stereocenters. The monoisotopic (exact) mass is 536 g/mol. The molecule has 0 amide bonds. The third kappa shape index (κ3) is 8.12. The van der Waals surface area contributed by atoms with Crippen molar-refractivity contribution in [2.45, 2.75) is 30.8 Å². The first-order chi connectivity index (χ1) is 11.4. The molecule has 26 heavy (non-hydrogen) atoms. The Labute approximate surface area is 169 Å². The van der Waals surface area contributed by atoms with Crippen LogP contribution in [-0.4, -0.2) is 77.3 Å². The van der Waals surface area contributed by atoms with Crippen LogP contribution in [0.1, 0.15) is 19.3 Å². The molecule has 1 aliphatic rings. The van der Waals surface area contributed by atoms with Crippen LogP contribution in [0.4, 0.5) is 13.2 Å². The number of hydrogen-bond acceptors (Lipinski definition) is 5. The number of halogens is 4. The van der Waals surface area contributed by atoms with Crippen molar-refractivity contribution in [1.29, 1.82) is 0 Å². The predicted octanol–water partition coefficient (Wildman–Crippen LogP) is 0.518. The molecule has 156 valence electrons. The van der Waals surface area contributed by atoms with E-state index in [-0.39, 0.29) is 61.7 Å². The van der Waals surface area contributed by atoms with Gasteiger partial charge in [-0.15, -0.1) is 24.0 Å². The number of aliphatic imine (C=N–C) groups is 1. The summed E-state index contributed by atoms with van der Waals surface area (Å²) < 4.78 is 82.8. The standard InChI is InChI=1S/C12H23F3N4O4S2.HI/c1-16-11(17-6-3-9-24(2,20)21)18-10-4-7-19(8-5-10)25(22,23)12(13,14)15;/h10H,3-9H2,1-2H3,(H2,16,17,18);1H. The number of nitrogens with zero attached hydrogens (tertiary/aromatic N) is 2. The second-order valence-electron chi connectivity index (χ2n) is 5.75. The smallest absolute Gasteiger partial charge is 0.356 e. The van der Waals surface area contributed by atoms with E-state index in [1.807, 2.05) is 0 Å². The van der Waals surface area contributed by atoms with Gasteiger partial charge in [-0.3, -0.25) is 4.99 Å². The topological polar surface area (TPSA) is 108 Å². The summed E-state index contributed by atoms with van der Waals surface area (Å²) in [5, 5.41) is 5.92. The maximum Gasteiger partial charge on any atom is 0.511 e. The van der Waals surface area contributed by atoms with E-state index in [4.69, 9.17) is 0 Å². The highest BCUT2D eigenvalue weighted by Gasteiger charge is 2.50. The van der Waals surface area contributed by atoms with Gasteiger partial charge in [-0.05, 0) is 19.3 Å². The van der Waals surface area contributed by atoms with Crippen molar-refractivity contribution >= 4 is 49.8 Å². The molecule has 0 aliphatic carbocycles. The quantitative estimate of drug-likeness (QED) is 0.222. The minimum atomic E-state index is -5.29.